The molecular weight excluding hydrogens is 939 g/mol. The van der Waals surface area contributed by atoms with E-state index in [4.69, 9.17) is 66.3 Å². The van der Waals surface area contributed by atoms with Gasteiger partial charge in [-0.15, -0.1) is 0 Å². The lowest BCUT2D eigenvalue weighted by Gasteiger charge is -2.14. The van der Waals surface area contributed by atoms with E-state index in [1.54, 1.807) is 0 Å². The highest BCUT2D eigenvalue weighted by Crippen LogP contribution is 2.44. The quantitative estimate of drug-likeness (QED) is 0.0625. The highest BCUT2D eigenvalue weighted by atomic mass is 16.6. The second-order valence-corrected chi connectivity index (χ2v) is 17.8. The maximum atomic E-state index is 12.3. The van der Waals surface area contributed by atoms with Gasteiger partial charge >= 0.3 is 6.09 Å². The molecule has 420 valence electrons. The lowest BCUT2D eigenvalue weighted by atomic mass is 9.98. The van der Waals surface area contributed by atoms with Crippen molar-refractivity contribution in [3.05, 3.63) is 59.7 Å². The number of carbonyl (C=O) groups excluding carboxylic acids is 1. The Morgan fingerprint density at radius 1 is 0.342 bits per heavy atom. The van der Waals surface area contributed by atoms with Gasteiger partial charge in [0, 0.05) is 25.7 Å². The molecule has 2 aromatic carbocycles. The molecule has 0 fully saturated rings. The Balaban J connectivity index is 0.880. The number of nitrogens with one attached hydrogen (secondary N) is 1. The molecule has 73 heavy (non-hydrogen) atoms. The average Bonchev–Trinajstić information content (AvgIpc) is 3.73. The number of hydrogen-bond donors (Lipinski definition) is 1. The number of fused-ring (bicyclic) bond motifs is 3. The maximum Gasteiger partial charge on any atom is 0.407 e. The first kappa shape index (κ1) is 64.5. The molecule has 16 heteroatoms. The summed E-state index contributed by atoms with van der Waals surface area (Å²) in [6.45, 7) is 16.7. The van der Waals surface area contributed by atoms with Gasteiger partial charge in [-0.05, 0) is 35.1 Å². The Hall–Kier alpha value is -2.81. The number of unbranched alkanes of at least 4 members (excludes halogenated alkanes) is 12. The second kappa shape index (κ2) is 50.0. The lowest BCUT2D eigenvalue weighted by Crippen LogP contribution is -2.27. The SMILES string of the molecule is CCCCCCCCCCCCCCCOCCOCCOCCOCCOCCOCCOCCOCCOCCOCCOCCOCCOCCCNC(=O)OCC1c2ccccc2-c2ccccc21. The smallest absolute Gasteiger partial charge is 0.407 e. The summed E-state index contributed by atoms with van der Waals surface area (Å²) in [7, 11) is 0. The summed E-state index contributed by atoms with van der Waals surface area (Å²) in [6.07, 6.45) is 18.0. The summed E-state index contributed by atoms with van der Waals surface area (Å²) in [6, 6.07) is 16.6. The number of benzene rings is 2. The summed E-state index contributed by atoms with van der Waals surface area (Å²) in [4.78, 5) is 12.3. The van der Waals surface area contributed by atoms with E-state index < -0.39 is 6.09 Å². The van der Waals surface area contributed by atoms with Crippen LogP contribution >= 0.6 is 0 Å². The van der Waals surface area contributed by atoms with Gasteiger partial charge in [0.05, 0.1) is 159 Å². The van der Waals surface area contributed by atoms with Gasteiger partial charge < -0.3 is 71.6 Å². The average molecular weight is 1040 g/mol. The molecule has 1 aliphatic carbocycles. The van der Waals surface area contributed by atoms with Crippen molar-refractivity contribution in [3.8, 4) is 11.1 Å². The van der Waals surface area contributed by atoms with E-state index in [-0.39, 0.29) is 5.92 Å². The van der Waals surface area contributed by atoms with Crippen LogP contribution in [0.1, 0.15) is 114 Å². The van der Waals surface area contributed by atoms with Crippen molar-refractivity contribution in [2.75, 3.05) is 185 Å². The molecule has 0 aromatic heterocycles. The fraction of sp³-hybridized carbons (Fsp3) is 0.772. The van der Waals surface area contributed by atoms with Gasteiger partial charge in [0.25, 0.3) is 0 Å². The van der Waals surface area contributed by atoms with Gasteiger partial charge in [0.15, 0.2) is 0 Å². The van der Waals surface area contributed by atoms with Crippen LogP contribution in [-0.4, -0.2) is 191 Å². The van der Waals surface area contributed by atoms with E-state index in [9.17, 15) is 4.79 Å². The fourth-order valence-electron chi connectivity index (χ4n) is 7.98. The molecule has 3 rings (SSSR count). The van der Waals surface area contributed by atoms with E-state index in [1.807, 2.05) is 24.3 Å². The molecule has 0 saturated heterocycles. The number of hydrogen-bond acceptors (Lipinski definition) is 15. The van der Waals surface area contributed by atoms with Crippen LogP contribution in [0, 0.1) is 0 Å². The summed E-state index contributed by atoms with van der Waals surface area (Å²) in [5, 5.41) is 2.81. The van der Waals surface area contributed by atoms with Crippen molar-refractivity contribution in [2.45, 2.75) is 103 Å². The van der Waals surface area contributed by atoms with Crippen molar-refractivity contribution in [1.29, 1.82) is 0 Å². The first-order valence-electron chi connectivity index (χ1n) is 27.9. The molecule has 0 spiro atoms. The summed E-state index contributed by atoms with van der Waals surface area (Å²) < 4.78 is 77.9. The van der Waals surface area contributed by atoms with E-state index in [0.29, 0.717) is 185 Å². The molecule has 1 N–H and O–H groups in total. The minimum Gasteiger partial charge on any atom is -0.449 e. The normalized spacial score (nSPS) is 12.2. The van der Waals surface area contributed by atoms with Crippen LogP contribution in [-0.2, 0) is 66.3 Å². The zero-order valence-corrected chi connectivity index (χ0v) is 45.0. The van der Waals surface area contributed by atoms with Crippen molar-refractivity contribution < 1.29 is 71.1 Å². The predicted molar refractivity (Wildman–Crippen MR) is 284 cm³/mol. The number of rotatable bonds is 56. The number of carbonyl (C=O) groups is 1. The highest BCUT2D eigenvalue weighted by molar-refractivity contribution is 5.79. The fourth-order valence-corrected chi connectivity index (χ4v) is 7.98. The minimum atomic E-state index is -0.415. The van der Waals surface area contributed by atoms with Crippen molar-refractivity contribution in [3.63, 3.8) is 0 Å². The van der Waals surface area contributed by atoms with Gasteiger partial charge in [-0.25, -0.2) is 4.79 Å². The first-order valence-corrected chi connectivity index (χ1v) is 27.9. The van der Waals surface area contributed by atoms with Crippen LogP contribution in [0.3, 0.4) is 0 Å². The largest absolute Gasteiger partial charge is 0.449 e. The third-order valence-electron chi connectivity index (χ3n) is 11.9. The van der Waals surface area contributed by atoms with Crippen LogP contribution in [0.5, 0.6) is 0 Å². The number of amides is 1. The molecule has 0 unspecified atom stereocenters. The molecule has 0 aliphatic heterocycles. The predicted octanol–water partition coefficient (Wildman–Crippen LogP) is 9.22. The summed E-state index contributed by atoms with van der Waals surface area (Å²) in [5.41, 5.74) is 4.81. The topological polar surface area (TPSA) is 158 Å². The molecule has 0 heterocycles. The molecule has 1 amide bonds. The van der Waals surface area contributed by atoms with E-state index >= 15 is 0 Å². The highest BCUT2D eigenvalue weighted by Gasteiger charge is 2.29. The van der Waals surface area contributed by atoms with Crippen LogP contribution in [0.4, 0.5) is 4.79 Å². The Bertz CT molecular complexity index is 1460. The van der Waals surface area contributed by atoms with Crippen LogP contribution in [0.2, 0.25) is 0 Å². The molecule has 0 radical (unpaired) electrons. The summed E-state index contributed by atoms with van der Waals surface area (Å²) in [5.74, 6) is 0.0468. The molecular formula is C57H97NO15. The summed E-state index contributed by atoms with van der Waals surface area (Å²) >= 11 is 0. The monoisotopic (exact) mass is 1040 g/mol. The van der Waals surface area contributed by atoms with E-state index in [0.717, 1.165) is 13.0 Å². The Morgan fingerprint density at radius 2 is 0.603 bits per heavy atom. The van der Waals surface area contributed by atoms with Crippen molar-refractivity contribution in [2.24, 2.45) is 0 Å². The Labute approximate surface area is 439 Å². The third-order valence-corrected chi connectivity index (χ3v) is 11.9. The maximum absolute atomic E-state index is 12.3. The van der Waals surface area contributed by atoms with E-state index in [2.05, 4.69) is 36.5 Å². The van der Waals surface area contributed by atoms with Crippen LogP contribution in [0.25, 0.3) is 11.1 Å². The number of alkyl carbamates (subject to hydrolysis) is 1. The molecule has 0 bridgehead atoms. The van der Waals surface area contributed by atoms with Crippen LogP contribution < -0.4 is 5.32 Å². The molecule has 1 aliphatic rings. The second-order valence-electron chi connectivity index (χ2n) is 17.8. The van der Waals surface area contributed by atoms with E-state index in [1.165, 1.54) is 99.3 Å². The molecule has 16 nitrogen and oxygen atoms in total. The van der Waals surface area contributed by atoms with Gasteiger partial charge in [-0.3, -0.25) is 0 Å². The Morgan fingerprint density at radius 3 is 0.918 bits per heavy atom. The van der Waals surface area contributed by atoms with Gasteiger partial charge in [-0.2, -0.15) is 0 Å². The number of ether oxygens (including phenoxy) is 14. The van der Waals surface area contributed by atoms with Crippen molar-refractivity contribution in [1.82, 2.24) is 5.32 Å². The molecule has 2 aromatic rings. The van der Waals surface area contributed by atoms with Gasteiger partial charge in [0.1, 0.15) is 6.61 Å². The zero-order valence-electron chi connectivity index (χ0n) is 45.0. The third kappa shape index (κ3) is 36.8. The van der Waals surface area contributed by atoms with Gasteiger partial charge in [-0.1, -0.05) is 133 Å². The minimum absolute atomic E-state index is 0.0468. The first-order chi connectivity index (χ1) is 36.3. The zero-order chi connectivity index (χ0) is 51.4. The van der Waals surface area contributed by atoms with Crippen molar-refractivity contribution >= 4 is 6.09 Å². The molecule has 0 saturated carbocycles. The van der Waals surface area contributed by atoms with Crippen LogP contribution in [0.15, 0.2) is 48.5 Å². The molecule has 0 atom stereocenters. The van der Waals surface area contributed by atoms with Gasteiger partial charge in [0.2, 0.25) is 0 Å². The standard InChI is InChI=1S/C57H97NO15/c1-2-3-4-5-6-7-8-9-10-11-12-13-18-25-60-27-29-62-31-33-64-35-37-66-39-41-68-43-45-70-47-49-72-50-48-71-46-44-69-42-40-67-38-36-65-34-32-63-30-28-61-26-19-24-58-57(59)73-51-56-54-22-16-14-20-52(54)53-21-15-17-23-55(53)56/h14-17,20-23,56H,2-13,18-19,24-51H2,1H3,(H,58,59). The Kier molecular flexibility index (Phi) is 44.2. The lowest BCUT2D eigenvalue weighted by molar-refractivity contribution is -0.0290.